The van der Waals surface area contributed by atoms with Crippen LogP contribution in [0, 0.1) is 23.7 Å². The van der Waals surface area contributed by atoms with Gasteiger partial charge < -0.3 is 20.0 Å². The van der Waals surface area contributed by atoms with Crippen molar-refractivity contribution >= 4 is 11.8 Å². The quantitative estimate of drug-likeness (QED) is 0.389. The summed E-state index contributed by atoms with van der Waals surface area (Å²) in [7, 11) is 4.03. The molecule has 1 aromatic rings. The first-order valence-electron chi connectivity index (χ1n) is 6.96. The number of nitrogens with one attached hydrogen (secondary N) is 2. The van der Waals surface area contributed by atoms with Crippen LogP contribution in [0.15, 0.2) is 28.4 Å². The van der Waals surface area contributed by atoms with Crippen molar-refractivity contribution < 1.29 is 4.42 Å². The van der Waals surface area contributed by atoms with Gasteiger partial charge in [0.1, 0.15) is 17.3 Å². The number of hydrogen-bond donors (Lipinski definition) is 2. The van der Waals surface area contributed by atoms with Gasteiger partial charge in [0.2, 0.25) is 0 Å². The van der Waals surface area contributed by atoms with E-state index in [0.717, 1.165) is 36.1 Å². The van der Waals surface area contributed by atoms with Crippen LogP contribution in [0.25, 0.3) is 0 Å². The van der Waals surface area contributed by atoms with E-state index >= 15 is 0 Å². The van der Waals surface area contributed by atoms with Gasteiger partial charge in [-0.05, 0) is 26.2 Å². The highest BCUT2D eigenvalue weighted by molar-refractivity contribution is 7.98. The van der Waals surface area contributed by atoms with Crippen molar-refractivity contribution in [3.8, 4) is 18.4 Å². The standard InChI is InChI=1S/C16H22N4OS/c1-4-9-18-16(7-8-17)19-10-11-22-13-15-6-5-14(21-15)12-20(2)3/h1,5-7,18-19H,9-13H2,2-3H3/b16-7-. The van der Waals surface area contributed by atoms with Gasteiger partial charge in [-0.1, -0.05) is 5.92 Å². The lowest BCUT2D eigenvalue weighted by molar-refractivity contribution is 0.344. The Kier molecular flexibility index (Phi) is 8.74. The van der Waals surface area contributed by atoms with Gasteiger partial charge >= 0.3 is 0 Å². The second kappa shape index (κ2) is 10.7. The van der Waals surface area contributed by atoms with E-state index in [1.807, 2.05) is 32.3 Å². The summed E-state index contributed by atoms with van der Waals surface area (Å²) in [5, 5.41) is 14.8. The van der Waals surface area contributed by atoms with Crippen molar-refractivity contribution in [2.45, 2.75) is 12.3 Å². The molecular formula is C16H22N4OS. The Morgan fingerprint density at radius 1 is 1.41 bits per heavy atom. The van der Waals surface area contributed by atoms with Crippen molar-refractivity contribution in [2.75, 3.05) is 32.9 Å². The van der Waals surface area contributed by atoms with Crippen LogP contribution in [0.3, 0.4) is 0 Å². The van der Waals surface area contributed by atoms with Crippen molar-refractivity contribution in [1.82, 2.24) is 15.5 Å². The average molecular weight is 318 g/mol. The fraction of sp³-hybridized carbons (Fsp3) is 0.438. The minimum atomic E-state index is 0.398. The van der Waals surface area contributed by atoms with Crippen molar-refractivity contribution in [3.05, 3.63) is 35.6 Å². The molecule has 0 bridgehead atoms. The van der Waals surface area contributed by atoms with Crippen LogP contribution in [0.1, 0.15) is 11.5 Å². The Balaban J connectivity index is 2.22. The third-order valence-electron chi connectivity index (χ3n) is 2.59. The number of rotatable bonds is 10. The summed E-state index contributed by atoms with van der Waals surface area (Å²) >= 11 is 1.77. The Labute approximate surface area is 136 Å². The van der Waals surface area contributed by atoms with Crippen LogP contribution >= 0.6 is 11.8 Å². The summed E-state index contributed by atoms with van der Waals surface area (Å²) in [6.45, 7) is 1.96. The van der Waals surface area contributed by atoms with E-state index in [0.29, 0.717) is 12.4 Å². The van der Waals surface area contributed by atoms with E-state index in [9.17, 15) is 0 Å². The molecule has 118 valence electrons. The molecule has 1 rings (SSSR count). The molecule has 0 aromatic carbocycles. The Bertz CT molecular complexity index is 551. The first-order valence-corrected chi connectivity index (χ1v) is 8.12. The maximum Gasteiger partial charge on any atom is 0.118 e. The molecule has 6 heteroatoms. The normalized spacial score (nSPS) is 11.0. The van der Waals surface area contributed by atoms with Crippen molar-refractivity contribution in [1.29, 1.82) is 5.26 Å². The summed E-state index contributed by atoms with van der Waals surface area (Å²) < 4.78 is 5.74. The molecule has 0 saturated heterocycles. The van der Waals surface area contributed by atoms with Gasteiger partial charge in [-0.15, -0.1) is 6.42 Å². The van der Waals surface area contributed by atoms with Crippen molar-refractivity contribution in [3.63, 3.8) is 0 Å². The number of thioether (sulfide) groups is 1. The Morgan fingerprint density at radius 2 is 2.18 bits per heavy atom. The van der Waals surface area contributed by atoms with Gasteiger partial charge in [-0.25, -0.2) is 0 Å². The third-order valence-corrected chi connectivity index (χ3v) is 3.57. The molecule has 5 nitrogen and oxygen atoms in total. The fourth-order valence-corrected chi connectivity index (χ4v) is 2.45. The number of hydrogen-bond acceptors (Lipinski definition) is 6. The molecule has 1 heterocycles. The van der Waals surface area contributed by atoms with Crippen LogP contribution in [0.5, 0.6) is 0 Å². The van der Waals surface area contributed by atoms with Gasteiger partial charge in [0.25, 0.3) is 0 Å². The lowest BCUT2D eigenvalue weighted by Crippen LogP contribution is -2.28. The molecule has 0 aliphatic rings. The van der Waals surface area contributed by atoms with E-state index in [2.05, 4.69) is 21.5 Å². The lowest BCUT2D eigenvalue weighted by Gasteiger charge is -2.10. The molecule has 0 aliphatic carbocycles. The van der Waals surface area contributed by atoms with Crippen LogP contribution in [-0.2, 0) is 12.3 Å². The Hall–Kier alpha value is -2.02. The first kappa shape index (κ1) is 18.0. The summed E-state index contributed by atoms with van der Waals surface area (Å²) in [6.07, 6.45) is 6.60. The first-order chi connectivity index (χ1) is 10.7. The molecule has 0 amide bonds. The van der Waals surface area contributed by atoms with Crippen LogP contribution in [0.4, 0.5) is 0 Å². The SMILES string of the molecule is C#CCN/C(=C/C#N)NCCSCc1ccc(CN(C)C)o1. The van der Waals surface area contributed by atoms with E-state index < -0.39 is 0 Å². The van der Waals surface area contributed by atoms with Gasteiger partial charge in [0, 0.05) is 12.3 Å². The minimum absolute atomic E-state index is 0.398. The van der Waals surface area contributed by atoms with E-state index in [1.54, 1.807) is 11.8 Å². The highest BCUT2D eigenvalue weighted by Gasteiger charge is 2.03. The molecule has 0 unspecified atom stereocenters. The highest BCUT2D eigenvalue weighted by atomic mass is 32.2. The largest absolute Gasteiger partial charge is 0.464 e. The zero-order chi connectivity index (χ0) is 16.2. The molecule has 0 atom stereocenters. The minimum Gasteiger partial charge on any atom is -0.464 e. The van der Waals surface area contributed by atoms with Gasteiger partial charge in [0.05, 0.1) is 31.0 Å². The molecule has 0 aliphatic heterocycles. The van der Waals surface area contributed by atoms with Crippen LogP contribution in [-0.4, -0.2) is 37.8 Å². The fourth-order valence-electron chi connectivity index (χ4n) is 1.70. The smallest absolute Gasteiger partial charge is 0.118 e. The second-order valence-electron chi connectivity index (χ2n) is 4.83. The maximum absolute atomic E-state index is 8.67. The predicted octanol–water partition coefficient (Wildman–Crippen LogP) is 1.75. The monoisotopic (exact) mass is 318 g/mol. The maximum atomic E-state index is 8.67. The Morgan fingerprint density at radius 3 is 2.86 bits per heavy atom. The summed E-state index contributed by atoms with van der Waals surface area (Å²) in [4.78, 5) is 2.08. The number of terminal acetylenes is 1. The molecular weight excluding hydrogens is 296 g/mol. The number of nitrogens with zero attached hydrogens (tertiary/aromatic N) is 2. The van der Waals surface area contributed by atoms with Crippen molar-refractivity contribution in [2.24, 2.45) is 0 Å². The molecule has 0 saturated carbocycles. The zero-order valence-electron chi connectivity index (χ0n) is 13.1. The molecule has 0 fully saturated rings. The number of furan rings is 1. The topological polar surface area (TPSA) is 64.2 Å². The number of allylic oxidation sites excluding steroid dienone is 1. The molecule has 0 spiro atoms. The van der Waals surface area contributed by atoms with Gasteiger partial charge in [-0.2, -0.15) is 17.0 Å². The summed E-state index contributed by atoms with van der Waals surface area (Å²) in [5.74, 6) is 6.85. The third kappa shape index (κ3) is 7.68. The van der Waals surface area contributed by atoms with E-state index in [4.69, 9.17) is 16.1 Å². The average Bonchev–Trinajstić information content (AvgIpc) is 2.90. The van der Waals surface area contributed by atoms with Crippen LogP contribution in [0.2, 0.25) is 0 Å². The van der Waals surface area contributed by atoms with Gasteiger partial charge in [-0.3, -0.25) is 0 Å². The van der Waals surface area contributed by atoms with E-state index in [1.165, 1.54) is 6.08 Å². The van der Waals surface area contributed by atoms with E-state index in [-0.39, 0.29) is 0 Å². The molecule has 1 aromatic heterocycles. The van der Waals surface area contributed by atoms with Gasteiger partial charge in [0.15, 0.2) is 0 Å². The highest BCUT2D eigenvalue weighted by Crippen LogP contribution is 2.15. The van der Waals surface area contributed by atoms with Crippen LogP contribution < -0.4 is 10.6 Å². The summed E-state index contributed by atoms with van der Waals surface area (Å²) in [5.41, 5.74) is 0. The second-order valence-corrected chi connectivity index (χ2v) is 5.94. The lowest BCUT2D eigenvalue weighted by atomic mass is 10.4. The molecule has 2 N–H and O–H groups in total. The predicted molar refractivity (Wildman–Crippen MR) is 90.8 cm³/mol. The zero-order valence-corrected chi connectivity index (χ0v) is 13.9. The molecule has 22 heavy (non-hydrogen) atoms. The molecule has 0 radical (unpaired) electrons. The summed E-state index contributed by atoms with van der Waals surface area (Å²) in [6, 6.07) is 6.02. The number of nitriles is 1.